The van der Waals surface area contributed by atoms with E-state index in [0.29, 0.717) is 6.04 Å². The number of ether oxygens (including phenoxy) is 1. The second-order valence-corrected chi connectivity index (χ2v) is 5.35. The maximum Gasteiger partial charge on any atom is 0.0627 e. The summed E-state index contributed by atoms with van der Waals surface area (Å²) in [5.41, 5.74) is 0. The first-order chi connectivity index (χ1) is 7.24. The van der Waals surface area contributed by atoms with Crippen molar-refractivity contribution in [1.29, 1.82) is 0 Å². The Morgan fingerprint density at radius 1 is 1.27 bits per heavy atom. The van der Waals surface area contributed by atoms with Crippen molar-refractivity contribution in [2.45, 2.75) is 51.8 Å². The summed E-state index contributed by atoms with van der Waals surface area (Å²) in [6, 6.07) is 0.514. The molecule has 0 amide bonds. The number of hydrogen-bond donors (Lipinski definition) is 1. The lowest BCUT2D eigenvalue weighted by Crippen LogP contribution is -2.36. The molecule has 15 heavy (non-hydrogen) atoms. The van der Waals surface area contributed by atoms with Crippen LogP contribution in [0.15, 0.2) is 0 Å². The van der Waals surface area contributed by atoms with Gasteiger partial charge in [-0.2, -0.15) is 11.8 Å². The normalized spacial score (nSPS) is 15.2. The van der Waals surface area contributed by atoms with E-state index in [4.69, 9.17) is 4.74 Å². The van der Waals surface area contributed by atoms with Crippen molar-refractivity contribution < 1.29 is 4.74 Å². The third-order valence-electron chi connectivity index (χ3n) is 2.32. The van der Waals surface area contributed by atoms with Gasteiger partial charge in [-0.25, -0.2) is 0 Å². The zero-order valence-corrected chi connectivity index (χ0v) is 11.5. The molecule has 0 aliphatic rings. The molecule has 2 atom stereocenters. The highest BCUT2D eigenvalue weighted by molar-refractivity contribution is 7.99. The molecule has 0 rings (SSSR count). The zero-order valence-electron chi connectivity index (χ0n) is 10.7. The van der Waals surface area contributed by atoms with Gasteiger partial charge in [0.2, 0.25) is 0 Å². The van der Waals surface area contributed by atoms with Crippen LogP contribution >= 0.6 is 11.8 Å². The number of likely N-dealkylation sites (N-methyl/N-ethyl adjacent to an activating group) is 1. The molecule has 0 aromatic carbocycles. The second kappa shape index (κ2) is 10.8. The number of thioether (sulfide) groups is 1. The van der Waals surface area contributed by atoms with Crippen LogP contribution < -0.4 is 5.32 Å². The van der Waals surface area contributed by atoms with E-state index in [9.17, 15) is 0 Å². The van der Waals surface area contributed by atoms with Crippen molar-refractivity contribution in [3.8, 4) is 0 Å². The Hall–Kier alpha value is 0.270. The van der Waals surface area contributed by atoms with Crippen molar-refractivity contribution in [2.75, 3.05) is 25.5 Å². The molecule has 2 unspecified atom stereocenters. The fraction of sp³-hybridized carbons (Fsp3) is 1.00. The fourth-order valence-corrected chi connectivity index (χ4v) is 2.23. The molecule has 0 aromatic rings. The maximum absolute atomic E-state index is 5.59. The van der Waals surface area contributed by atoms with E-state index < -0.39 is 0 Å². The van der Waals surface area contributed by atoms with Gasteiger partial charge in [-0.1, -0.05) is 27.7 Å². The Labute approximate surface area is 99.5 Å². The molecule has 0 aromatic heterocycles. The van der Waals surface area contributed by atoms with Crippen molar-refractivity contribution in [3.63, 3.8) is 0 Å². The molecule has 0 aliphatic carbocycles. The highest BCUT2D eigenvalue weighted by atomic mass is 32.2. The van der Waals surface area contributed by atoms with Crippen LogP contribution in [0, 0.1) is 0 Å². The van der Waals surface area contributed by atoms with Gasteiger partial charge in [0.15, 0.2) is 0 Å². The SMILES string of the molecule is CCCOCC(CSC(C)CC)NCC. The van der Waals surface area contributed by atoms with Crippen LogP contribution in [0.1, 0.15) is 40.5 Å². The van der Waals surface area contributed by atoms with Gasteiger partial charge in [0.1, 0.15) is 0 Å². The predicted octanol–water partition coefficient (Wildman–Crippen LogP) is 2.92. The van der Waals surface area contributed by atoms with Crippen molar-refractivity contribution in [2.24, 2.45) is 0 Å². The average molecular weight is 233 g/mol. The number of rotatable bonds is 10. The summed E-state index contributed by atoms with van der Waals surface area (Å²) in [6.07, 6.45) is 2.36. The summed E-state index contributed by atoms with van der Waals surface area (Å²) in [5.74, 6) is 1.16. The van der Waals surface area contributed by atoms with E-state index in [1.54, 1.807) is 0 Å². The molecule has 0 heterocycles. The fourth-order valence-electron chi connectivity index (χ4n) is 1.22. The summed E-state index contributed by atoms with van der Waals surface area (Å²) < 4.78 is 5.59. The molecular weight excluding hydrogens is 206 g/mol. The van der Waals surface area contributed by atoms with E-state index in [1.165, 1.54) is 6.42 Å². The Kier molecular flexibility index (Phi) is 11.0. The molecule has 0 radical (unpaired) electrons. The lowest BCUT2D eigenvalue weighted by molar-refractivity contribution is 0.117. The summed E-state index contributed by atoms with van der Waals surface area (Å²) in [7, 11) is 0. The van der Waals surface area contributed by atoms with Crippen molar-refractivity contribution in [3.05, 3.63) is 0 Å². The lowest BCUT2D eigenvalue weighted by Gasteiger charge is -2.19. The smallest absolute Gasteiger partial charge is 0.0627 e. The molecule has 3 heteroatoms. The van der Waals surface area contributed by atoms with E-state index in [-0.39, 0.29) is 0 Å². The molecule has 0 saturated carbocycles. The van der Waals surface area contributed by atoms with Gasteiger partial charge in [-0.05, 0) is 19.4 Å². The molecule has 0 spiro atoms. The van der Waals surface area contributed by atoms with Crippen LogP contribution in [-0.2, 0) is 4.74 Å². The van der Waals surface area contributed by atoms with Crippen LogP contribution in [-0.4, -0.2) is 36.8 Å². The van der Waals surface area contributed by atoms with Crippen LogP contribution in [0.5, 0.6) is 0 Å². The summed E-state index contributed by atoms with van der Waals surface area (Å²) in [5, 5.41) is 4.24. The first kappa shape index (κ1) is 15.3. The van der Waals surface area contributed by atoms with Gasteiger partial charge in [0.25, 0.3) is 0 Å². The van der Waals surface area contributed by atoms with Crippen molar-refractivity contribution in [1.82, 2.24) is 5.32 Å². The number of nitrogens with one attached hydrogen (secondary N) is 1. The van der Waals surface area contributed by atoms with Gasteiger partial charge in [0, 0.05) is 23.7 Å². The standard InChI is InChI=1S/C12H27NOS/c1-5-8-14-9-12(13-7-3)10-15-11(4)6-2/h11-13H,5-10H2,1-4H3. The van der Waals surface area contributed by atoms with E-state index in [2.05, 4.69) is 33.0 Å². The predicted molar refractivity (Wildman–Crippen MR) is 70.8 cm³/mol. The Bertz CT molecular complexity index is 133. The van der Waals surface area contributed by atoms with Crippen LogP contribution in [0.25, 0.3) is 0 Å². The highest BCUT2D eigenvalue weighted by Crippen LogP contribution is 2.14. The number of hydrogen-bond acceptors (Lipinski definition) is 3. The van der Waals surface area contributed by atoms with E-state index in [1.807, 2.05) is 11.8 Å². The van der Waals surface area contributed by atoms with Crippen LogP contribution in [0.3, 0.4) is 0 Å². The van der Waals surface area contributed by atoms with E-state index in [0.717, 1.165) is 37.2 Å². The summed E-state index contributed by atoms with van der Waals surface area (Å²) >= 11 is 2.04. The Morgan fingerprint density at radius 3 is 2.53 bits per heavy atom. The Balaban J connectivity index is 3.62. The first-order valence-electron chi connectivity index (χ1n) is 6.17. The van der Waals surface area contributed by atoms with Crippen LogP contribution in [0.4, 0.5) is 0 Å². The van der Waals surface area contributed by atoms with Crippen molar-refractivity contribution >= 4 is 11.8 Å². The average Bonchev–Trinajstić information content (AvgIpc) is 2.25. The van der Waals surface area contributed by atoms with Gasteiger partial charge < -0.3 is 10.1 Å². The molecule has 2 nitrogen and oxygen atoms in total. The quantitative estimate of drug-likeness (QED) is 0.586. The minimum atomic E-state index is 0.514. The van der Waals surface area contributed by atoms with Gasteiger partial charge in [-0.15, -0.1) is 0 Å². The van der Waals surface area contributed by atoms with Gasteiger partial charge in [0.05, 0.1) is 6.61 Å². The lowest BCUT2D eigenvalue weighted by atomic mass is 10.3. The minimum Gasteiger partial charge on any atom is -0.380 e. The first-order valence-corrected chi connectivity index (χ1v) is 7.22. The monoisotopic (exact) mass is 233 g/mol. The minimum absolute atomic E-state index is 0.514. The molecular formula is C12H27NOS. The summed E-state index contributed by atoms with van der Waals surface area (Å²) in [4.78, 5) is 0. The highest BCUT2D eigenvalue weighted by Gasteiger charge is 2.09. The third kappa shape index (κ3) is 9.21. The molecule has 0 aliphatic heterocycles. The molecule has 92 valence electrons. The largest absolute Gasteiger partial charge is 0.380 e. The Morgan fingerprint density at radius 2 is 2.00 bits per heavy atom. The maximum atomic E-state index is 5.59. The van der Waals surface area contributed by atoms with E-state index >= 15 is 0 Å². The third-order valence-corrected chi connectivity index (χ3v) is 3.81. The zero-order chi connectivity index (χ0) is 11.5. The molecule has 0 fully saturated rings. The van der Waals surface area contributed by atoms with Gasteiger partial charge >= 0.3 is 0 Å². The van der Waals surface area contributed by atoms with Crippen LogP contribution in [0.2, 0.25) is 0 Å². The topological polar surface area (TPSA) is 21.3 Å². The second-order valence-electron chi connectivity index (χ2n) is 3.88. The molecule has 0 bridgehead atoms. The molecule has 0 saturated heterocycles. The summed E-state index contributed by atoms with van der Waals surface area (Å²) in [6.45, 7) is 11.6. The molecule has 1 N–H and O–H groups in total. The van der Waals surface area contributed by atoms with Gasteiger partial charge in [-0.3, -0.25) is 0 Å².